The zero-order chi connectivity index (χ0) is 10.4. The molecule has 0 saturated carbocycles. The van der Waals surface area contributed by atoms with Crippen LogP contribution in [-0.2, 0) is 6.54 Å². The van der Waals surface area contributed by atoms with Gasteiger partial charge in [0.25, 0.3) is 0 Å². The van der Waals surface area contributed by atoms with Crippen LogP contribution in [0.5, 0.6) is 0 Å². The predicted molar refractivity (Wildman–Crippen MR) is 52.4 cm³/mol. The van der Waals surface area contributed by atoms with Gasteiger partial charge in [-0.05, 0) is 13.3 Å². The second kappa shape index (κ2) is 5.40. The number of aromatic nitrogens is 1. The van der Waals surface area contributed by atoms with Gasteiger partial charge in [0, 0.05) is 18.7 Å². The number of hydrogen-bond acceptors (Lipinski definition) is 4. The molecule has 4 heteroatoms. The highest BCUT2D eigenvalue weighted by Gasteiger charge is 2.06. The Balaban J connectivity index is 2.36. The van der Waals surface area contributed by atoms with Crippen molar-refractivity contribution in [3.8, 4) is 6.07 Å². The van der Waals surface area contributed by atoms with Crippen molar-refractivity contribution in [2.24, 2.45) is 0 Å². The van der Waals surface area contributed by atoms with Crippen LogP contribution in [0.4, 0.5) is 0 Å². The molecule has 0 aliphatic heterocycles. The number of nitriles is 1. The monoisotopic (exact) mass is 193 g/mol. The third kappa shape index (κ3) is 3.19. The Labute approximate surface area is 83.9 Å². The fourth-order valence-electron chi connectivity index (χ4n) is 1.22. The van der Waals surface area contributed by atoms with Crippen molar-refractivity contribution in [3.05, 3.63) is 17.5 Å². The number of aryl methyl sites for hydroxylation is 1. The van der Waals surface area contributed by atoms with E-state index in [1.54, 1.807) is 0 Å². The molecule has 1 atom stereocenters. The molecular formula is C10H15N3O. The first-order valence-electron chi connectivity index (χ1n) is 4.78. The van der Waals surface area contributed by atoms with E-state index >= 15 is 0 Å². The summed E-state index contributed by atoms with van der Waals surface area (Å²) in [7, 11) is 0. The van der Waals surface area contributed by atoms with E-state index in [0.29, 0.717) is 13.0 Å². The van der Waals surface area contributed by atoms with Gasteiger partial charge in [0.05, 0.1) is 18.2 Å². The zero-order valence-electron chi connectivity index (χ0n) is 8.58. The van der Waals surface area contributed by atoms with Gasteiger partial charge in [0.15, 0.2) is 0 Å². The molecule has 1 unspecified atom stereocenters. The van der Waals surface area contributed by atoms with Crippen molar-refractivity contribution in [1.29, 1.82) is 5.26 Å². The zero-order valence-corrected chi connectivity index (χ0v) is 8.58. The highest BCUT2D eigenvalue weighted by atomic mass is 16.5. The van der Waals surface area contributed by atoms with Crippen LogP contribution >= 0.6 is 0 Å². The van der Waals surface area contributed by atoms with Crippen molar-refractivity contribution < 1.29 is 4.52 Å². The van der Waals surface area contributed by atoms with Crippen molar-refractivity contribution >= 4 is 0 Å². The number of nitrogens with zero attached hydrogens (tertiary/aromatic N) is 2. The molecule has 0 spiro atoms. The molecule has 4 nitrogen and oxygen atoms in total. The summed E-state index contributed by atoms with van der Waals surface area (Å²) in [6.45, 7) is 4.59. The van der Waals surface area contributed by atoms with Crippen LogP contribution in [0.3, 0.4) is 0 Å². The lowest BCUT2D eigenvalue weighted by atomic mass is 10.1. The topological polar surface area (TPSA) is 61.9 Å². The number of hydrogen-bond donors (Lipinski definition) is 1. The Kier molecular flexibility index (Phi) is 4.14. The highest BCUT2D eigenvalue weighted by Crippen LogP contribution is 2.03. The largest absolute Gasteiger partial charge is 0.361 e. The first-order valence-corrected chi connectivity index (χ1v) is 4.78. The van der Waals surface area contributed by atoms with Gasteiger partial charge in [-0.3, -0.25) is 0 Å². The van der Waals surface area contributed by atoms with Crippen molar-refractivity contribution in [3.63, 3.8) is 0 Å². The van der Waals surface area contributed by atoms with Crippen LogP contribution in [0.2, 0.25) is 0 Å². The van der Waals surface area contributed by atoms with Crippen LogP contribution < -0.4 is 5.32 Å². The van der Waals surface area contributed by atoms with Crippen LogP contribution in [0.25, 0.3) is 0 Å². The Morgan fingerprint density at radius 3 is 3.00 bits per heavy atom. The standard InChI is InChI=1S/C10H15N3O/c1-3-9(4-5-11)12-7-10-6-8(2)14-13-10/h6,9,12H,3-4,7H2,1-2H3. The molecule has 0 aliphatic rings. The predicted octanol–water partition coefficient (Wildman–Crippen LogP) is 1.76. The van der Waals surface area contributed by atoms with Crippen molar-refractivity contribution in [2.75, 3.05) is 0 Å². The SMILES string of the molecule is CCC(CC#N)NCc1cc(C)on1. The summed E-state index contributed by atoms with van der Waals surface area (Å²) in [4.78, 5) is 0. The summed E-state index contributed by atoms with van der Waals surface area (Å²) >= 11 is 0. The fraction of sp³-hybridized carbons (Fsp3) is 0.600. The van der Waals surface area contributed by atoms with E-state index in [9.17, 15) is 0 Å². The van der Waals surface area contributed by atoms with E-state index in [4.69, 9.17) is 9.78 Å². The molecule has 1 aromatic rings. The van der Waals surface area contributed by atoms with Crippen molar-refractivity contribution in [2.45, 2.75) is 39.3 Å². The van der Waals surface area contributed by atoms with Gasteiger partial charge in [0.1, 0.15) is 5.76 Å². The molecule has 0 aromatic carbocycles. The minimum atomic E-state index is 0.247. The summed E-state index contributed by atoms with van der Waals surface area (Å²) in [5.41, 5.74) is 0.888. The molecule has 0 amide bonds. The van der Waals surface area contributed by atoms with Gasteiger partial charge in [-0.1, -0.05) is 12.1 Å². The Bertz CT molecular complexity index is 313. The summed E-state index contributed by atoms with van der Waals surface area (Å²) in [5.74, 6) is 0.815. The average Bonchev–Trinajstić information content (AvgIpc) is 2.59. The van der Waals surface area contributed by atoms with Gasteiger partial charge in [-0.15, -0.1) is 0 Å². The van der Waals surface area contributed by atoms with Crippen LogP contribution in [0.15, 0.2) is 10.6 Å². The third-order valence-electron chi connectivity index (χ3n) is 2.08. The lowest BCUT2D eigenvalue weighted by Gasteiger charge is -2.11. The molecule has 0 bridgehead atoms. The third-order valence-corrected chi connectivity index (χ3v) is 2.08. The number of nitrogens with one attached hydrogen (secondary N) is 1. The Hall–Kier alpha value is -1.34. The van der Waals surface area contributed by atoms with Gasteiger partial charge in [0.2, 0.25) is 0 Å². The lowest BCUT2D eigenvalue weighted by Crippen LogP contribution is -2.27. The van der Waals surface area contributed by atoms with E-state index in [1.807, 2.05) is 13.0 Å². The maximum absolute atomic E-state index is 8.54. The lowest BCUT2D eigenvalue weighted by molar-refractivity contribution is 0.384. The molecule has 0 fully saturated rings. The maximum atomic E-state index is 8.54. The minimum absolute atomic E-state index is 0.247. The molecule has 14 heavy (non-hydrogen) atoms. The quantitative estimate of drug-likeness (QED) is 0.774. The average molecular weight is 193 g/mol. The molecular weight excluding hydrogens is 178 g/mol. The van der Waals surface area contributed by atoms with E-state index < -0.39 is 0 Å². The normalized spacial score (nSPS) is 12.4. The molecule has 1 heterocycles. The molecule has 76 valence electrons. The van der Waals surface area contributed by atoms with Gasteiger partial charge in [-0.25, -0.2) is 0 Å². The van der Waals surface area contributed by atoms with Crippen LogP contribution in [0.1, 0.15) is 31.2 Å². The summed E-state index contributed by atoms with van der Waals surface area (Å²) in [6.07, 6.45) is 1.48. The minimum Gasteiger partial charge on any atom is -0.361 e. The summed E-state index contributed by atoms with van der Waals surface area (Å²) in [5, 5.41) is 15.7. The molecule has 1 N–H and O–H groups in total. The molecule has 0 saturated heterocycles. The highest BCUT2D eigenvalue weighted by molar-refractivity contribution is 5.03. The summed E-state index contributed by atoms with van der Waals surface area (Å²) in [6, 6.07) is 4.30. The van der Waals surface area contributed by atoms with Crippen molar-refractivity contribution in [1.82, 2.24) is 10.5 Å². The second-order valence-corrected chi connectivity index (χ2v) is 3.28. The summed E-state index contributed by atoms with van der Waals surface area (Å²) < 4.78 is 4.94. The van der Waals surface area contributed by atoms with E-state index in [2.05, 4.69) is 23.5 Å². The van der Waals surface area contributed by atoms with Crippen LogP contribution in [-0.4, -0.2) is 11.2 Å². The smallest absolute Gasteiger partial charge is 0.133 e. The second-order valence-electron chi connectivity index (χ2n) is 3.28. The molecule has 1 rings (SSSR count). The molecule has 0 radical (unpaired) electrons. The Morgan fingerprint density at radius 2 is 2.50 bits per heavy atom. The maximum Gasteiger partial charge on any atom is 0.133 e. The van der Waals surface area contributed by atoms with Gasteiger partial charge in [-0.2, -0.15) is 5.26 Å². The fourth-order valence-corrected chi connectivity index (χ4v) is 1.22. The van der Waals surface area contributed by atoms with E-state index in [1.165, 1.54) is 0 Å². The Morgan fingerprint density at radius 1 is 1.71 bits per heavy atom. The molecule has 1 aromatic heterocycles. The van der Waals surface area contributed by atoms with E-state index in [-0.39, 0.29) is 6.04 Å². The first kappa shape index (κ1) is 10.7. The molecule has 0 aliphatic carbocycles. The van der Waals surface area contributed by atoms with Crippen LogP contribution in [0, 0.1) is 18.3 Å². The van der Waals surface area contributed by atoms with Gasteiger partial charge >= 0.3 is 0 Å². The number of rotatable bonds is 5. The van der Waals surface area contributed by atoms with Gasteiger partial charge < -0.3 is 9.84 Å². The van der Waals surface area contributed by atoms with E-state index in [0.717, 1.165) is 17.9 Å². The first-order chi connectivity index (χ1) is 6.76.